The van der Waals surface area contributed by atoms with E-state index in [1.54, 1.807) is 48.5 Å². The highest BCUT2D eigenvalue weighted by molar-refractivity contribution is 7.92. The van der Waals surface area contributed by atoms with Gasteiger partial charge in [0, 0.05) is 10.0 Å². The number of sulfonamides is 1. The molecule has 0 heterocycles. The minimum Gasteiger partial charge on any atom is -0.456 e. The summed E-state index contributed by atoms with van der Waals surface area (Å²) < 4.78 is 34.5. The molecule has 4 aromatic carbocycles. The van der Waals surface area contributed by atoms with Crippen LogP contribution in [0.4, 0.5) is 5.69 Å². The first-order chi connectivity index (χ1) is 18.6. The van der Waals surface area contributed by atoms with Crippen LogP contribution in [0.5, 0.6) is 11.5 Å². The van der Waals surface area contributed by atoms with E-state index in [1.807, 2.05) is 0 Å². The van der Waals surface area contributed by atoms with Gasteiger partial charge in [-0.3, -0.25) is 9.52 Å². The van der Waals surface area contributed by atoms with Crippen molar-refractivity contribution in [1.82, 2.24) is 5.32 Å². The van der Waals surface area contributed by atoms with Crippen LogP contribution in [0.1, 0.15) is 15.9 Å². The molecule has 4 aromatic rings. The number of benzene rings is 4. The minimum atomic E-state index is -4.08. The maximum atomic E-state index is 13.1. The molecule has 11 heteroatoms. The Kier molecular flexibility index (Phi) is 9.37. The third-order valence-corrected chi connectivity index (χ3v) is 7.80. The second-order valence-electron chi connectivity index (χ2n) is 8.48. The van der Waals surface area contributed by atoms with Crippen LogP contribution in [0.25, 0.3) is 0 Å². The molecular weight excluding hydrogens is 583 g/mol. The van der Waals surface area contributed by atoms with Gasteiger partial charge in [-0.25, -0.2) is 8.42 Å². The monoisotopic (exact) mass is 604 g/mol. The zero-order valence-electron chi connectivity index (χ0n) is 20.3. The van der Waals surface area contributed by atoms with Crippen LogP contribution in [0, 0.1) is 0 Å². The van der Waals surface area contributed by atoms with E-state index in [4.69, 9.17) is 39.5 Å². The summed E-state index contributed by atoms with van der Waals surface area (Å²) in [6.45, 7) is -0.335. The fourth-order valence-corrected chi connectivity index (χ4v) is 5.22. The van der Waals surface area contributed by atoms with Crippen LogP contribution in [0.15, 0.2) is 95.9 Å². The van der Waals surface area contributed by atoms with E-state index in [-0.39, 0.29) is 27.8 Å². The molecule has 0 saturated heterocycles. The lowest BCUT2D eigenvalue weighted by molar-refractivity contribution is 0.0917. The lowest BCUT2D eigenvalue weighted by atomic mass is 10.1. The second-order valence-corrected chi connectivity index (χ2v) is 11.4. The number of hydrogen-bond acceptors (Lipinski definition) is 5. The molecule has 1 amide bonds. The van der Waals surface area contributed by atoms with Gasteiger partial charge in [0.25, 0.3) is 15.9 Å². The average Bonchev–Trinajstić information content (AvgIpc) is 2.92. The van der Waals surface area contributed by atoms with Crippen LogP contribution >= 0.6 is 34.8 Å². The van der Waals surface area contributed by atoms with Crippen LogP contribution < -0.4 is 14.8 Å². The molecule has 0 aromatic heterocycles. The van der Waals surface area contributed by atoms with E-state index in [1.165, 1.54) is 42.5 Å². The summed E-state index contributed by atoms with van der Waals surface area (Å²) in [6, 6.07) is 23.3. The SMILES string of the molecule is O=C(N[C@H](CO)Cc1ccc(Cl)cc1)c1cc(Cl)ccc1NS(=O)(=O)c1ccc(Oc2ccccc2Cl)cc1. The molecule has 0 aliphatic rings. The molecule has 3 N–H and O–H groups in total. The van der Waals surface area contributed by atoms with Gasteiger partial charge in [0.05, 0.1) is 33.8 Å². The van der Waals surface area contributed by atoms with Crippen molar-refractivity contribution in [3.8, 4) is 11.5 Å². The number of para-hydroxylation sites is 1. The third kappa shape index (κ3) is 7.65. The Morgan fingerprint density at radius 1 is 0.872 bits per heavy atom. The Bertz CT molecular complexity index is 1560. The Balaban J connectivity index is 1.50. The van der Waals surface area contributed by atoms with Gasteiger partial charge in [-0.05, 0) is 78.7 Å². The zero-order valence-corrected chi connectivity index (χ0v) is 23.4. The Morgan fingerprint density at radius 2 is 1.54 bits per heavy atom. The molecule has 202 valence electrons. The fraction of sp³-hybridized carbons (Fsp3) is 0.107. The molecular formula is C28H23Cl3N2O5S. The summed E-state index contributed by atoms with van der Waals surface area (Å²) in [6.07, 6.45) is 0.337. The number of amides is 1. The molecule has 0 radical (unpaired) electrons. The summed E-state index contributed by atoms with van der Waals surface area (Å²) in [5.41, 5.74) is 0.878. The zero-order chi connectivity index (χ0) is 28.0. The highest BCUT2D eigenvalue weighted by atomic mass is 35.5. The molecule has 0 spiro atoms. The van der Waals surface area contributed by atoms with Gasteiger partial charge in [-0.2, -0.15) is 0 Å². The van der Waals surface area contributed by atoms with Crippen molar-refractivity contribution in [3.63, 3.8) is 0 Å². The van der Waals surface area contributed by atoms with E-state index in [2.05, 4.69) is 10.0 Å². The van der Waals surface area contributed by atoms with Crippen molar-refractivity contribution in [1.29, 1.82) is 0 Å². The van der Waals surface area contributed by atoms with Gasteiger partial charge in [0.15, 0.2) is 0 Å². The number of aliphatic hydroxyl groups excluding tert-OH is 1. The lowest BCUT2D eigenvalue weighted by Gasteiger charge is -2.19. The highest BCUT2D eigenvalue weighted by Gasteiger charge is 2.21. The van der Waals surface area contributed by atoms with Crippen LogP contribution in [0.3, 0.4) is 0 Å². The predicted octanol–water partition coefficient (Wildman–Crippen LogP) is 6.57. The Hall–Kier alpha value is -3.27. The van der Waals surface area contributed by atoms with E-state index in [0.29, 0.717) is 28.0 Å². The van der Waals surface area contributed by atoms with Gasteiger partial charge in [0.1, 0.15) is 11.5 Å². The summed E-state index contributed by atoms with van der Waals surface area (Å²) in [5, 5.41) is 13.8. The average molecular weight is 606 g/mol. The first-order valence-electron chi connectivity index (χ1n) is 11.7. The number of carbonyl (C=O) groups is 1. The van der Waals surface area contributed by atoms with Crippen molar-refractivity contribution < 1.29 is 23.1 Å². The van der Waals surface area contributed by atoms with Crippen LogP contribution in [0.2, 0.25) is 15.1 Å². The number of rotatable bonds is 10. The smallest absolute Gasteiger partial charge is 0.261 e. The molecule has 0 aliphatic carbocycles. The number of carbonyl (C=O) groups excluding carboxylic acids is 1. The van der Waals surface area contributed by atoms with Crippen LogP contribution in [-0.2, 0) is 16.4 Å². The molecule has 0 bridgehead atoms. The third-order valence-electron chi connectivity index (χ3n) is 5.62. The van der Waals surface area contributed by atoms with Crippen molar-refractivity contribution in [3.05, 3.63) is 117 Å². The van der Waals surface area contributed by atoms with E-state index >= 15 is 0 Å². The molecule has 0 fully saturated rings. The number of anilines is 1. The fourth-order valence-electron chi connectivity index (χ4n) is 3.67. The first-order valence-corrected chi connectivity index (χ1v) is 14.3. The van der Waals surface area contributed by atoms with Crippen molar-refractivity contribution in [2.75, 3.05) is 11.3 Å². The van der Waals surface area contributed by atoms with Crippen LogP contribution in [-0.4, -0.2) is 32.1 Å². The van der Waals surface area contributed by atoms with E-state index < -0.39 is 22.0 Å². The number of halogens is 3. The maximum absolute atomic E-state index is 13.1. The molecule has 4 rings (SSSR count). The quantitative estimate of drug-likeness (QED) is 0.190. The van der Waals surface area contributed by atoms with Gasteiger partial charge in [-0.15, -0.1) is 0 Å². The number of hydrogen-bond donors (Lipinski definition) is 3. The van der Waals surface area contributed by atoms with Gasteiger partial charge >= 0.3 is 0 Å². The minimum absolute atomic E-state index is 0.000644. The number of nitrogens with one attached hydrogen (secondary N) is 2. The topological polar surface area (TPSA) is 105 Å². The van der Waals surface area contributed by atoms with Gasteiger partial charge < -0.3 is 15.2 Å². The van der Waals surface area contributed by atoms with Crippen molar-refractivity contribution in [2.24, 2.45) is 0 Å². The Labute approximate surface area is 241 Å². The second kappa shape index (κ2) is 12.7. The molecule has 1 atom stereocenters. The van der Waals surface area contributed by atoms with Gasteiger partial charge in [0.2, 0.25) is 0 Å². The van der Waals surface area contributed by atoms with E-state index in [0.717, 1.165) is 5.56 Å². The largest absolute Gasteiger partial charge is 0.456 e. The molecule has 0 aliphatic heterocycles. The normalized spacial score (nSPS) is 12.0. The number of aliphatic hydroxyl groups is 1. The lowest BCUT2D eigenvalue weighted by Crippen LogP contribution is -2.39. The number of ether oxygens (including phenoxy) is 1. The Morgan fingerprint density at radius 3 is 2.21 bits per heavy atom. The first kappa shape index (κ1) is 28.7. The van der Waals surface area contributed by atoms with Crippen molar-refractivity contribution in [2.45, 2.75) is 17.4 Å². The summed E-state index contributed by atoms with van der Waals surface area (Å²) in [7, 11) is -4.08. The molecule has 39 heavy (non-hydrogen) atoms. The summed E-state index contributed by atoms with van der Waals surface area (Å²) >= 11 is 18.2. The highest BCUT2D eigenvalue weighted by Crippen LogP contribution is 2.30. The summed E-state index contributed by atoms with van der Waals surface area (Å²) in [5.74, 6) is 0.220. The van der Waals surface area contributed by atoms with Crippen molar-refractivity contribution >= 4 is 56.4 Å². The predicted molar refractivity (Wildman–Crippen MR) is 154 cm³/mol. The van der Waals surface area contributed by atoms with E-state index in [9.17, 15) is 18.3 Å². The van der Waals surface area contributed by atoms with Gasteiger partial charge in [-0.1, -0.05) is 59.1 Å². The molecule has 7 nitrogen and oxygen atoms in total. The molecule has 0 saturated carbocycles. The standard InChI is InChI=1S/C28H23Cl3N2O5S/c29-19-7-5-18(6-8-19)15-21(17-34)32-28(35)24-16-20(30)9-14-26(24)33-39(36,37)23-12-10-22(11-13-23)38-27-4-2-1-3-25(27)31/h1-14,16,21,33-34H,15,17H2,(H,32,35)/t21-/m0/s1. The molecule has 0 unspecified atom stereocenters. The maximum Gasteiger partial charge on any atom is 0.261 e. The summed E-state index contributed by atoms with van der Waals surface area (Å²) in [4.78, 5) is 13.1.